The molecule has 0 saturated carbocycles. The number of carbonyl (C=O) groups excluding carboxylic acids is 1. The summed E-state index contributed by atoms with van der Waals surface area (Å²) in [6.45, 7) is 8.71. The molecular formula is C14H28N4O4S. The van der Waals surface area contributed by atoms with Gasteiger partial charge in [0.2, 0.25) is 0 Å². The molecule has 134 valence electrons. The molecule has 9 heteroatoms. The van der Waals surface area contributed by atoms with Gasteiger partial charge in [-0.1, -0.05) is 0 Å². The van der Waals surface area contributed by atoms with Gasteiger partial charge in [-0.05, 0) is 34.1 Å². The number of aliphatic imine (C=N–C) groups is 1. The first-order valence-corrected chi connectivity index (χ1v) is 9.65. The largest absolute Gasteiger partial charge is 0.444 e. The third-order valence-corrected chi connectivity index (χ3v) is 4.74. The highest BCUT2D eigenvalue weighted by Gasteiger charge is 2.28. The van der Waals surface area contributed by atoms with E-state index in [4.69, 9.17) is 4.74 Å². The molecule has 1 saturated heterocycles. The van der Waals surface area contributed by atoms with Gasteiger partial charge in [-0.25, -0.2) is 13.2 Å². The number of amides is 1. The Morgan fingerprint density at radius 3 is 2.52 bits per heavy atom. The maximum atomic E-state index is 11.5. The zero-order chi connectivity index (χ0) is 17.5. The number of sulfone groups is 1. The molecule has 1 amide bonds. The molecule has 23 heavy (non-hydrogen) atoms. The summed E-state index contributed by atoms with van der Waals surface area (Å²) in [5, 5.41) is 8.80. The lowest BCUT2D eigenvalue weighted by Gasteiger charge is -2.19. The monoisotopic (exact) mass is 348 g/mol. The van der Waals surface area contributed by atoms with E-state index in [1.165, 1.54) is 0 Å². The number of carbonyl (C=O) groups is 1. The van der Waals surface area contributed by atoms with Crippen molar-refractivity contribution in [2.24, 2.45) is 4.99 Å². The average molecular weight is 348 g/mol. The van der Waals surface area contributed by atoms with Crippen LogP contribution in [0.1, 0.15) is 34.1 Å². The van der Waals surface area contributed by atoms with E-state index in [0.29, 0.717) is 32.0 Å². The second kappa shape index (κ2) is 8.37. The number of hydrogen-bond donors (Lipinski definition) is 3. The second-order valence-electron chi connectivity index (χ2n) is 6.43. The molecule has 1 unspecified atom stereocenters. The van der Waals surface area contributed by atoms with Gasteiger partial charge in [-0.15, -0.1) is 0 Å². The fourth-order valence-corrected chi connectivity index (χ4v) is 3.74. The molecule has 1 atom stereocenters. The highest BCUT2D eigenvalue weighted by atomic mass is 32.2. The van der Waals surface area contributed by atoms with E-state index in [0.717, 1.165) is 0 Å². The Hall–Kier alpha value is -1.51. The van der Waals surface area contributed by atoms with Crippen molar-refractivity contribution < 1.29 is 17.9 Å². The van der Waals surface area contributed by atoms with Crippen molar-refractivity contribution in [1.82, 2.24) is 16.0 Å². The van der Waals surface area contributed by atoms with Crippen LogP contribution in [0.15, 0.2) is 4.99 Å². The molecule has 1 aliphatic rings. The van der Waals surface area contributed by atoms with Gasteiger partial charge < -0.3 is 20.7 Å². The first-order valence-electron chi connectivity index (χ1n) is 7.83. The summed E-state index contributed by atoms with van der Waals surface area (Å²) < 4.78 is 28.1. The fourth-order valence-electron chi connectivity index (χ4n) is 2.06. The Kier molecular flexibility index (Phi) is 7.11. The molecule has 0 spiro atoms. The summed E-state index contributed by atoms with van der Waals surface area (Å²) in [5.41, 5.74) is -0.530. The third-order valence-electron chi connectivity index (χ3n) is 2.97. The van der Waals surface area contributed by atoms with Crippen molar-refractivity contribution in [2.45, 2.75) is 45.8 Å². The Labute approximate surface area is 138 Å². The van der Waals surface area contributed by atoms with E-state index in [1.807, 2.05) is 6.92 Å². The first-order chi connectivity index (χ1) is 10.6. The summed E-state index contributed by atoms with van der Waals surface area (Å²) in [4.78, 5) is 15.8. The minimum Gasteiger partial charge on any atom is -0.444 e. The number of hydrogen-bond acceptors (Lipinski definition) is 5. The average Bonchev–Trinajstić information content (AvgIpc) is 2.72. The van der Waals surface area contributed by atoms with E-state index in [-0.39, 0.29) is 17.5 Å². The van der Waals surface area contributed by atoms with E-state index in [2.05, 4.69) is 20.9 Å². The predicted octanol–water partition coefficient (Wildman–Crippen LogP) is 0.253. The van der Waals surface area contributed by atoms with Crippen LogP contribution in [0.3, 0.4) is 0 Å². The van der Waals surface area contributed by atoms with Crippen LogP contribution in [0, 0.1) is 0 Å². The molecule has 0 aromatic carbocycles. The van der Waals surface area contributed by atoms with Crippen LogP contribution in [0.2, 0.25) is 0 Å². The van der Waals surface area contributed by atoms with Gasteiger partial charge in [0.05, 0.1) is 18.1 Å². The third kappa shape index (κ3) is 8.63. The molecule has 1 rings (SSSR count). The fraction of sp³-hybridized carbons (Fsp3) is 0.857. The van der Waals surface area contributed by atoms with Crippen LogP contribution in [0.4, 0.5) is 4.79 Å². The SMILES string of the molecule is CCNC(=NCCNC(=O)OC(C)(C)C)NC1CCS(=O)(=O)C1. The number of rotatable bonds is 5. The predicted molar refractivity (Wildman–Crippen MR) is 90.4 cm³/mol. The van der Waals surface area contributed by atoms with Crippen molar-refractivity contribution >= 4 is 21.9 Å². The minimum absolute atomic E-state index is 0.114. The quantitative estimate of drug-likeness (QED) is 0.373. The maximum absolute atomic E-state index is 11.5. The van der Waals surface area contributed by atoms with Crippen LogP contribution in [0.25, 0.3) is 0 Å². The summed E-state index contributed by atoms with van der Waals surface area (Å²) in [7, 11) is -2.93. The van der Waals surface area contributed by atoms with Gasteiger partial charge in [-0.2, -0.15) is 0 Å². The van der Waals surface area contributed by atoms with E-state index < -0.39 is 21.5 Å². The number of guanidine groups is 1. The van der Waals surface area contributed by atoms with Crippen LogP contribution >= 0.6 is 0 Å². The summed E-state index contributed by atoms with van der Waals surface area (Å²) >= 11 is 0. The van der Waals surface area contributed by atoms with Crippen molar-refractivity contribution in [3.8, 4) is 0 Å². The summed E-state index contributed by atoms with van der Waals surface area (Å²) in [6, 6.07) is -0.114. The summed E-state index contributed by atoms with van der Waals surface area (Å²) in [5.74, 6) is 0.901. The Balaban J connectivity index is 2.39. The first kappa shape index (κ1) is 19.5. The van der Waals surface area contributed by atoms with Gasteiger partial charge in [-0.3, -0.25) is 4.99 Å². The number of nitrogens with one attached hydrogen (secondary N) is 3. The lowest BCUT2D eigenvalue weighted by atomic mass is 10.2. The molecule has 1 fully saturated rings. The molecule has 0 bridgehead atoms. The number of ether oxygens (including phenoxy) is 1. The van der Waals surface area contributed by atoms with Crippen molar-refractivity contribution in [2.75, 3.05) is 31.1 Å². The molecule has 0 aromatic heterocycles. The summed E-state index contributed by atoms with van der Waals surface area (Å²) in [6.07, 6.45) is 0.107. The molecule has 1 aliphatic heterocycles. The van der Waals surface area contributed by atoms with Crippen molar-refractivity contribution in [1.29, 1.82) is 0 Å². The topological polar surface area (TPSA) is 109 Å². The van der Waals surface area contributed by atoms with Crippen LogP contribution < -0.4 is 16.0 Å². The van der Waals surface area contributed by atoms with Crippen LogP contribution in [-0.4, -0.2) is 63.3 Å². The molecule has 8 nitrogen and oxygen atoms in total. The molecule has 0 radical (unpaired) electrons. The van der Waals surface area contributed by atoms with Gasteiger partial charge in [0.1, 0.15) is 5.60 Å². The van der Waals surface area contributed by atoms with Crippen LogP contribution in [-0.2, 0) is 14.6 Å². The van der Waals surface area contributed by atoms with Crippen molar-refractivity contribution in [3.63, 3.8) is 0 Å². The Morgan fingerprint density at radius 1 is 1.30 bits per heavy atom. The van der Waals surface area contributed by atoms with E-state index in [9.17, 15) is 13.2 Å². The highest BCUT2D eigenvalue weighted by Crippen LogP contribution is 2.10. The lowest BCUT2D eigenvalue weighted by molar-refractivity contribution is 0.0529. The minimum atomic E-state index is -2.93. The van der Waals surface area contributed by atoms with Gasteiger partial charge in [0.25, 0.3) is 0 Å². The van der Waals surface area contributed by atoms with Crippen LogP contribution in [0.5, 0.6) is 0 Å². The van der Waals surface area contributed by atoms with Crippen molar-refractivity contribution in [3.05, 3.63) is 0 Å². The molecule has 0 aliphatic carbocycles. The molecule has 3 N–H and O–H groups in total. The number of alkyl carbamates (subject to hydrolysis) is 1. The maximum Gasteiger partial charge on any atom is 0.407 e. The van der Waals surface area contributed by atoms with Gasteiger partial charge in [0, 0.05) is 19.1 Å². The van der Waals surface area contributed by atoms with Gasteiger partial charge >= 0.3 is 6.09 Å². The molecule has 0 aromatic rings. The Bertz CT molecular complexity index is 525. The van der Waals surface area contributed by atoms with E-state index >= 15 is 0 Å². The standard InChI is InChI=1S/C14H28N4O4S/c1-5-15-12(18-11-6-9-23(20,21)10-11)16-7-8-17-13(19)22-14(2,3)4/h11H,5-10H2,1-4H3,(H,17,19)(H2,15,16,18). The zero-order valence-corrected chi connectivity index (χ0v) is 15.1. The Morgan fingerprint density at radius 2 is 2.00 bits per heavy atom. The highest BCUT2D eigenvalue weighted by molar-refractivity contribution is 7.91. The molecular weight excluding hydrogens is 320 g/mol. The zero-order valence-electron chi connectivity index (χ0n) is 14.3. The second-order valence-corrected chi connectivity index (χ2v) is 8.66. The number of nitrogens with zero attached hydrogens (tertiary/aromatic N) is 1. The molecule has 1 heterocycles. The normalized spacial score (nSPS) is 20.9. The van der Waals surface area contributed by atoms with E-state index in [1.54, 1.807) is 20.8 Å². The lowest BCUT2D eigenvalue weighted by Crippen LogP contribution is -2.44. The van der Waals surface area contributed by atoms with Gasteiger partial charge in [0.15, 0.2) is 15.8 Å². The smallest absolute Gasteiger partial charge is 0.407 e.